The van der Waals surface area contributed by atoms with Gasteiger partial charge in [0, 0.05) is 4.88 Å². The third kappa shape index (κ3) is 2.03. The Kier molecular flexibility index (Phi) is 2.62. The van der Waals surface area contributed by atoms with Gasteiger partial charge in [0.2, 0.25) is 0 Å². The Balaban J connectivity index is 2.69. The average molecular weight is 171 g/mol. The molecule has 4 heteroatoms. The molecule has 1 rings (SSSR count). The first-order valence-corrected chi connectivity index (χ1v) is 3.95. The quantitative estimate of drug-likeness (QED) is 0.682. The highest BCUT2D eigenvalue weighted by molar-refractivity contribution is 7.13. The Hall–Kier alpha value is -0.870. The zero-order chi connectivity index (χ0) is 8.27. The lowest BCUT2D eigenvalue weighted by atomic mass is 10.4. The van der Waals surface area contributed by atoms with E-state index in [1.807, 2.05) is 13.0 Å². The van der Waals surface area contributed by atoms with Crippen molar-refractivity contribution in [1.29, 1.82) is 0 Å². The van der Waals surface area contributed by atoms with Gasteiger partial charge in [-0.05, 0) is 19.1 Å². The van der Waals surface area contributed by atoms with Crippen molar-refractivity contribution in [2.24, 2.45) is 0 Å². The topological polar surface area (TPSA) is 38.3 Å². The normalized spacial score (nSPS) is 9.64. The summed E-state index contributed by atoms with van der Waals surface area (Å²) in [5.74, 6) is -0.189. The van der Waals surface area contributed by atoms with E-state index in [4.69, 9.17) is 0 Å². The second kappa shape index (κ2) is 3.50. The maximum absolute atomic E-state index is 11.0. The van der Waals surface area contributed by atoms with E-state index >= 15 is 0 Å². The summed E-state index contributed by atoms with van der Waals surface area (Å²) in [6, 6.07) is 3.67. The van der Waals surface area contributed by atoms with E-state index in [0.717, 1.165) is 4.88 Å². The first-order chi connectivity index (χ1) is 5.24. The Morgan fingerprint density at radius 3 is 2.82 bits per heavy atom. The number of hydrogen-bond donors (Lipinski definition) is 1. The monoisotopic (exact) mass is 171 g/mol. The van der Waals surface area contributed by atoms with Crippen LogP contribution < -0.4 is 5.48 Å². The summed E-state index contributed by atoms with van der Waals surface area (Å²) in [4.78, 5) is 17.3. The van der Waals surface area contributed by atoms with Crippen LogP contribution in [0.5, 0.6) is 0 Å². The van der Waals surface area contributed by atoms with Gasteiger partial charge in [-0.25, -0.2) is 5.48 Å². The van der Waals surface area contributed by atoms with Gasteiger partial charge in [0.1, 0.15) is 0 Å². The van der Waals surface area contributed by atoms with Gasteiger partial charge < -0.3 is 0 Å². The summed E-state index contributed by atoms with van der Waals surface area (Å²) in [5.41, 5.74) is 2.25. The molecule has 0 bridgehead atoms. The second-order valence-corrected chi connectivity index (χ2v) is 3.33. The lowest BCUT2D eigenvalue weighted by molar-refractivity contribution is 0.0542. The molecule has 0 atom stereocenters. The lowest BCUT2D eigenvalue weighted by Gasteiger charge is -1.96. The second-order valence-electron chi connectivity index (χ2n) is 2.05. The van der Waals surface area contributed by atoms with Crippen molar-refractivity contribution in [2.45, 2.75) is 6.92 Å². The lowest BCUT2D eigenvalue weighted by Crippen LogP contribution is -2.20. The Labute approximate surface area is 68.9 Å². The van der Waals surface area contributed by atoms with Crippen molar-refractivity contribution in [1.82, 2.24) is 5.48 Å². The first-order valence-electron chi connectivity index (χ1n) is 3.14. The molecule has 0 unspecified atom stereocenters. The minimum Gasteiger partial charge on any atom is -0.277 e. The van der Waals surface area contributed by atoms with Crippen molar-refractivity contribution >= 4 is 17.2 Å². The summed E-state index contributed by atoms with van der Waals surface area (Å²) < 4.78 is 0. The average Bonchev–Trinajstić information content (AvgIpc) is 2.36. The van der Waals surface area contributed by atoms with Crippen molar-refractivity contribution < 1.29 is 9.63 Å². The van der Waals surface area contributed by atoms with Gasteiger partial charge in [0.25, 0.3) is 5.91 Å². The fourth-order valence-electron chi connectivity index (χ4n) is 0.700. The van der Waals surface area contributed by atoms with E-state index in [-0.39, 0.29) is 5.91 Å². The van der Waals surface area contributed by atoms with E-state index in [1.54, 1.807) is 6.07 Å². The molecular formula is C7H9NO2S. The number of aryl methyl sites for hydroxylation is 1. The number of hydrogen-bond acceptors (Lipinski definition) is 3. The van der Waals surface area contributed by atoms with Crippen LogP contribution in [0, 0.1) is 6.92 Å². The summed E-state index contributed by atoms with van der Waals surface area (Å²) in [7, 11) is 1.42. The van der Waals surface area contributed by atoms with Crippen molar-refractivity contribution in [3.05, 3.63) is 21.9 Å². The highest BCUT2D eigenvalue weighted by Gasteiger charge is 2.05. The molecular weight excluding hydrogens is 162 g/mol. The molecule has 0 aliphatic carbocycles. The molecule has 1 N–H and O–H groups in total. The molecule has 1 amide bonds. The Bertz CT molecular complexity index is 257. The molecule has 0 radical (unpaired) electrons. The molecule has 0 fully saturated rings. The molecule has 0 spiro atoms. The van der Waals surface area contributed by atoms with Crippen LogP contribution in [0.15, 0.2) is 12.1 Å². The summed E-state index contributed by atoms with van der Waals surface area (Å²) in [6.07, 6.45) is 0. The molecule has 1 heterocycles. The number of amides is 1. The number of carbonyl (C=O) groups excluding carboxylic acids is 1. The minimum atomic E-state index is -0.189. The zero-order valence-electron chi connectivity index (χ0n) is 6.38. The molecule has 60 valence electrons. The van der Waals surface area contributed by atoms with Gasteiger partial charge >= 0.3 is 0 Å². The van der Waals surface area contributed by atoms with Crippen LogP contribution >= 0.6 is 11.3 Å². The predicted molar refractivity (Wildman–Crippen MR) is 43.5 cm³/mol. The van der Waals surface area contributed by atoms with Crippen molar-refractivity contribution in [2.75, 3.05) is 7.11 Å². The van der Waals surface area contributed by atoms with Crippen LogP contribution in [-0.2, 0) is 4.84 Å². The number of rotatable bonds is 2. The van der Waals surface area contributed by atoms with Crippen LogP contribution in [0.1, 0.15) is 14.5 Å². The van der Waals surface area contributed by atoms with Crippen molar-refractivity contribution in [3.8, 4) is 0 Å². The number of carbonyl (C=O) groups is 1. The maximum atomic E-state index is 11.0. The molecule has 0 aliphatic heterocycles. The SMILES string of the molecule is CONC(=O)c1ccc(C)s1. The maximum Gasteiger partial charge on any atom is 0.284 e. The molecule has 3 nitrogen and oxygen atoms in total. The zero-order valence-corrected chi connectivity index (χ0v) is 7.20. The third-order valence-corrected chi connectivity index (χ3v) is 2.16. The Morgan fingerprint density at radius 2 is 2.36 bits per heavy atom. The highest BCUT2D eigenvalue weighted by atomic mass is 32.1. The molecule has 11 heavy (non-hydrogen) atoms. The van der Waals surface area contributed by atoms with Crippen LogP contribution in [0.2, 0.25) is 0 Å². The van der Waals surface area contributed by atoms with Gasteiger partial charge in [-0.3, -0.25) is 9.63 Å². The number of thiophene rings is 1. The first kappa shape index (κ1) is 8.23. The van der Waals surface area contributed by atoms with Crippen molar-refractivity contribution in [3.63, 3.8) is 0 Å². The van der Waals surface area contributed by atoms with Gasteiger partial charge in [-0.1, -0.05) is 0 Å². The van der Waals surface area contributed by atoms with E-state index < -0.39 is 0 Å². The van der Waals surface area contributed by atoms with Crippen LogP contribution in [0.3, 0.4) is 0 Å². The molecule has 0 saturated carbocycles. The van der Waals surface area contributed by atoms with Gasteiger partial charge in [-0.2, -0.15) is 0 Å². The Morgan fingerprint density at radius 1 is 1.64 bits per heavy atom. The van der Waals surface area contributed by atoms with Gasteiger partial charge in [0.15, 0.2) is 0 Å². The van der Waals surface area contributed by atoms with Crippen LogP contribution in [0.4, 0.5) is 0 Å². The van der Waals surface area contributed by atoms with Crippen LogP contribution in [-0.4, -0.2) is 13.0 Å². The standard InChI is InChI=1S/C7H9NO2S/c1-5-3-4-6(11-5)7(9)8-10-2/h3-4H,1-2H3,(H,8,9). The molecule has 1 aromatic rings. The van der Waals surface area contributed by atoms with E-state index in [2.05, 4.69) is 10.3 Å². The largest absolute Gasteiger partial charge is 0.284 e. The molecule has 0 aromatic carbocycles. The van der Waals surface area contributed by atoms with E-state index in [0.29, 0.717) is 4.88 Å². The number of hydroxylamine groups is 1. The van der Waals surface area contributed by atoms with Crippen LogP contribution in [0.25, 0.3) is 0 Å². The smallest absolute Gasteiger partial charge is 0.277 e. The predicted octanol–water partition coefficient (Wildman–Crippen LogP) is 1.35. The third-order valence-electron chi connectivity index (χ3n) is 1.16. The molecule has 1 aromatic heterocycles. The summed E-state index contributed by atoms with van der Waals surface area (Å²) in [5, 5.41) is 0. The summed E-state index contributed by atoms with van der Waals surface area (Å²) in [6.45, 7) is 1.95. The molecule has 0 saturated heterocycles. The fraction of sp³-hybridized carbons (Fsp3) is 0.286. The highest BCUT2D eigenvalue weighted by Crippen LogP contribution is 2.14. The summed E-state index contributed by atoms with van der Waals surface area (Å²) >= 11 is 1.44. The fourth-order valence-corrected chi connectivity index (χ4v) is 1.45. The van der Waals surface area contributed by atoms with E-state index in [9.17, 15) is 4.79 Å². The van der Waals surface area contributed by atoms with E-state index in [1.165, 1.54) is 18.4 Å². The van der Waals surface area contributed by atoms with Gasteiger partial charge in [-0.15, -0.1) is 11.3 Å². The number of nitrogens with one attached hydrogen (secondary N) is 1. The molecule has 0 aliphatic rings. The minimum absolute atomic E-state index is 0.189. The van der Waals surface area contributed by atoms with Gasteiger partial charge in [0.05, 0.1) is 12.0 Å².